The van der Waals surface area contributed by atoms with Crippen LogP contribution in [0.25, 0.3) is 0 Å². The Hall–Kier alpha value is -4.93. The van der Waals surface area contributed by atoms with Gasteiger partial charge in [-0.2, -0.15) is 0 Å². The Bertz CT molecular complexity index is 1910. The van der Waals surface area contributed by atoms with Crippen LogP contribution in [-0.2, 0) is 33.6 Å². The Morgan fingerprint density at radius 1 is 0.732 bits per heavy atom. The second kappa shape index (κ2) is 28.9. The maximum Gasteiger partial charge on any atom is 0.248 e. The van der Waals surface area contributed by atoms with Gasteiger partial charge in [-0.05, 0) is 87.9 Å². The first-order valence-corrected chi connectivity index (χ1v) is 25.8. The van der Waals surface area contributed by atoms with Crippen LogP contribution in [0, 0.1) is 11.8 Å². The molecule has 1 aromatic carbocycles. The maximum atomic E-state index is 14.3. The van der Waals surface area contributed by atoms with E-state index in [1.165, 1.54) is 50.5 Å². The lowest BCUT2D eigenvalue weighted by atomic mass is 9.91. The van der Waals surface area contributed by atoms with Crippen LogP contribution in [0.4, 0.5) is 0 Å². The molecule has 0 saturated carbocycles. The Morgan fingerprint density at radius 2 is 1.30 bits per heavy atom. The molecule has 400 valence electrons. The van der Waals surface area contributed by atoms with Crippen molar-refractivity contribution in [1.82, 2.24) is 36.4 Å². The number of phenolic OH excluding ortho intramolecular Hbond substituents is 1. The number of benzene rings is 1. The molecule has 21 nitrogen and oxygen atoms in total. The molecule has 0 radical (unpaired) electrons. The molecule has 0 spiro atoms. The molecule has 3 aliphatic heterocycles. The summed E-state index contributed by atoms with van der Waals surface area (Å²) < 4.78 is 0. The molecule has 0 aromatic heterocycles. The van der Waals surface area contributed by atoms with E-state index in [-0.39, 0.29) is 56.6 Å². The zero-order valence-corrected chi connectivity index (χ0v) is 42.0. The normalized spacial score (nSPS) is 27.5. The van der Waals surface area contributed by atoms with Crippen LogP contribution in [0.15, 0.2) is 24.3 Å². The number of unbranched alkanes of at least 4 members (excludes halogenated alkanes) is 5. The molecule has 3 fully saturated rings. The molecular weight excluding hydrogens is 921 g/mol. The fraction of sp³-hybridized carbons (Fsp3) is 0.740. The predicted molar refractivity (Wildman–Crippen MR) is 261 cm³/mol. The number of fused-ring (bicyclic) bond motifs is 2. The molecule has 3 heterocycles. The highest BCUT2D eigenvalue weighted by Gasteiger charge is 2.44. The Labute approximate surface area is 417 Å². The molecule has 7 amide bonds. The van der Waals surface area contributed by atoms with Crippen LogP contribution < -0.4 is 32.3 Å². The second-order valence-electron chi connectivity index (χ2n) is 20.0. The monoisotopic (exact) mass is 1000 g/mol. The van der Waals surface area contributed by atoms with Gasteiger partial charge in [0.1, 0.15) is 48.1 Å². The minimum Gasteiger partial charge on any atom is -0.508 e. The van der Waals surface area contributed by atoms with E-state index in [4.69, 9.17) is 5.73 Å². The van der Waals surface area contributed by atoms with E-state index < -0.39 is 121 Å². The summed E-state index contributed by atoms with van der Waals surface area (Å²) >= 11 is 0. The number of amides is 7. The lowest BCUT2D eigenvalue weighted by Gasteiger charge is -2.33. The van der Waals surface area contributed by atoms with E-state index in [1.807, 2.05) is 0 Å². The zero-order chi connectivity index (χ0) is 52.4. The Balaban J connectivity index is 1.61. The van der Waals surface area contributed by atoms with E-state index in [0.717, 1.165) is 41.9 Å². The van der Waals surface area contributed by atoms with Gasteiger partial charge in [0, 0.05) is 32.4 Å². The number of nitrogens with two attached hydrogens (primary N) is 1. The minimum absolute atomic E-state index is 0.00993. The molecular formula is C50H82N8O13. The quantitative estimate of drug-likeness (QED) is 0.0779. The standard InChI is InChI=1S/C50H82N8O13/c1-5-29(2)26-30(3)14-10-8-6-7-9-11-17-41(64)52-34-28-40(63)48(69)56-47(68)37-16-13-25-58(37)50(71)43(38(61)22-23-51)55-45(66)35(27-39(62)32-18-20-33(60)21-19-32)53-46(67)36-15-12-24-57(36)49(70)42(31(4)59)54-44(34)65/h18-21,29-31,34-40,42-43,48,59-63,69H,5-17,22-28,51H2,1-4H3,(H,52,64)(H,53,67)(H,54,65)(H,55,66)(H,56,68)/t29?,30?,31-,34?,35+,36?,37+,38-,39?,40-,42?,43?,48-/m1/s1. The van der Waals surface area contributed by atoms with Gasteiger partial charge in [-0.3, -0.25) is 33.6 Å². The van der Waals surface area contributed by atoms with Crippen molar-refractivity contribution in [3.63, 3.8) is 0 Å². The first kappa shape index (κ1) is 58.6. The number of carbonyl (C=O) groups excluding carboxylic acids is 7. The molecule has 0 bridgehead atoms. The largest absolute Gasteiger partial charge is 0.508 e. The van der Waals surface area contributed by atoms with Gasteiger partial charge in [-0.15, -0.1) is 0 Å². The number of carbonyl (C=O) groups is 7. The zero-order valence-electron chi connectivity index (χ0n) is 42.0. The summed E-state index contributed by atoms with van der Waals surface area (Å²) in [6, 6.07) is -3.75. The summed E-state index contributed by atoms with van der Waals surface area (Å²) in [7, 11) is 0. The maximum absolute atomic E-state index is 14.3. The third-order valence-corrected chi connectivity index (χ3v) is 14.1. The van der Waals surface area contributed by atoms with Crippen molar-refractivity contribution in [2.45, 2.75) is 204 Å². The smallest absolute Gasteiger partial charge is 0.248 e. The second-order valence-corrected chi connectivity index (χ2v) is 20.0. The van der Waals surface area contributed by atoms with E-state index in [2.05, 4.69) is 47.4 Å². The topological polar surface area (TPSA) is 334 Å². The van der Waals surface area contributed by atoms with Crippen molar-refractivity contribution in [3.8, 4) is 5.75 Å². The van der Waals surface area contributed by atoms with Crippen LogP contribution in [0.3, 0.4) is 0 Å². The van der Waals surface area contributed by atoms with Gasteiger partial charge in [0.05, 0.1) is 18.3 Å². The summed E-state index contributed by atoms with van der Waals surface area (Å²) in [5.41, 5.74) is 6.00. The van der Waals surface area contributed by atoms with Crippen molar-refractivity contribution in [2.75, 3.05) is 19.6 Å². The summed E-state index contributed by atoms with van der Waals surface area (Å²) in [5, 5.41) is 78.2. The summed E-state index contributed by atoms with van der Waals surface area (Å²) in [6.45, 7) is 7.86. The fourth-order valence-electron chi connectivity index (χ4n) is 9.74. The summed E-state index contributed by atoms with van der Waals surface area (Å²) in [5.74, 6) is -4.88. The first-order chi connectivity index (χ1) is 33.7. The van der Waals surface area contributed by atoms with Gasteiger partial charge in [0.2, 0.25) is 41.4 Å². The number of hydrogen-bond acceptors (Lipinski definition) is 14. The molecule has 0 aliphatic carbocycles. The number of aliphatic hydroxyl groups is 5. The van der Waals surface area contributed by atoms with Gasteiger partial charge in [-0.1, -0.05) is 77.8 Å². The third kappa shape index (κ3) is 17.7. The fourth-order valence-corrected chi connectivity index (χ4v) is 9.74. The lowest BCUT2D eigenvalue weighted by molar-refractivity contribution is -0.146. The predicted octanol–water partition coefficient (Wildman–Crippen LogP) is 0.220. The van der Waals surface area contributed by atoms with E-state index in [0.29, 0.717) is 31.1 Å². The van der Waals surface area contributed by atoms with Gasteiger partial charge >= 0.3 is 0 Å². The number of rotatable bonds is 20. The van der Waals surface area contributed by atoms with Crippen LogP contribution in [-0.4, -0.2) is 162 Å². The highest BCUT2D eigenvalue weighted by Crippen LogP contribution is 2.26. The molecule has 7 unspecified atom stereocenters. The molecule has 21 heteroatoms. The molecule has 71 heavy (non-hydrogen) atoms. The van der Waals surface area contributed by atoms with Crippen molar-refractivity contribution in [2.24, 2.45) is 17.6 Å². The Kier molecular flexibility index (Phi) is 23.9. The number of aliphatic hydroxyl groups excluding tert-OH is 5. The molecule has 4 rings (SSSR count). The molecule has 13 atom stereocenters. The van der Waals surface area contributed by atoms with Crippen LogP contribution in [0.5, 0.6) is 5.75 Å². The van der Waals surface area contributed by atoms with E-state index >= 15 is 0 Å². The van der Waals surface area contributed by atoms with Crippen molar-refractivity contribution in [3.05, 3.63) is 29.8 Å². The highest BCUT2D eigenvalue weighted by atomic mass is 16.3. The lowest BCUT2D eigenvalue weighted by Crippen LogP contribution is -2.62. The van der Waals surface area contributed by atoms with E-state index in [1.54, 1.807) is 0 Å². The molecule has 13 N–H and O–H groups in total. The van der Waals surface area contributed by atoms with Crippen molar-refractivity contribution in [1.29, 1.82) is 0 Å². The number of hydrogen-bond donors (Lipinski definition) is 12. The molecule has 3 saturated heterocycles. The van der Waals surface area contributed by atoms with Gasteiger partial charge in [-0.25, -0.2) is 0 Å². The van der Waals surface area contributed by atoms with Gasteiger partial charge < -0.3 is 72.8 Å². The highest BCUT2D eigenvalue weighted by molar-refractivity contribution is 5.98. The third-order valence-electron chi connectivity index (χ3n) is 14.1. The first-order valence-electron chi connectivity index (χ1n) is 25.8. The summed E-state index contributed by atoms with van der Waals surface area (Å²) in [4.78, 5) is 101. The summed E-state index contributed by atoms with van der Waals surface area (Å²) in [6.07, 6.45) is -0.192. The van der Waals surface area contributed by atoms with Crippen molar-refractivity contribution < 1.29 is 64.2 Å². The van der Waals surface area contributed by atoms with E-state index in [9.17, 15) is 64.2 Å². The van der Waals surface area contributed by atoms with Gasteiger partial charge in [0.15, 0.2) is 6.23 Å². The number of aromatic hydroxyl groups is 1. The Morgan fingerprint density at radius 3 is 1.89 bits per heavy atom. The van der Waals surface area contributed by atoms with Crippen molar-refractivity contribution >= 4 is 41.4 Å². The average Bonchev–Trinajstić information content (AvgIpc) is 4.04. The average molecular weight is 1000 g/mol. The molecule has 3 aliphatic rings. The minimum atomic E-state index is -2.05. The van der Waals surface area contributed by atoms with Crippen LogP contribution in [0.2, 0.25) is 0 Å². The molecule has 1 aromatic rings. The van der Waals surface area contributed by atoms with Crippen LogP contribution >= 0.6 is 0 Å². The number of nitrogens with one attached hydrogen (secondary N) is 5. The van der Waals surface area contributed by atoms with Gasteiger partial charge in [0.25, 0.3) is 0 Å². The SMILES string of the molecule is CCC(C)CC(C)CCCCCCCCC(=O)NC1C[C@@H](O)[C@@H](O)NC(=O)[C@@H]2CCCN2C(=O)C([C@H](O)CCN)NC(=O)[C@H](CC(O)c2ccc(O)cc2)NC(=O)C2CCCN2C(=O)C([C@@H](C)O)NC1=O. The number of nitrogens with zero attached hydrogens (tertiary/aromatic N) is 2. The van der Waals surface area contributed by atoms with Crippen LogP contribution in [0.1, 0.15) is 149 Å². The number of phenols is 1.